The molecule has 0 aliphatic carbocycles. The average molecular weight is 179 g/mol. The lowest BCUT2D eigenvalue weighted by atomic mass is 10.1. The summed E-state index contributed by atoms with van der Waals surface area (Å²) in [6, 6.07) is 3.98. The Morgan fingerprint density at radius 2 is 2.23 bits per heavy atom. The van der Waals surface area contributed by atoms with Crippen LogP contribution in [0, 0.1) is 10.1 Å². The van der Waals surface area contributed by atoms with Gasteiger partial charge in [0, 0.05) is 6.07 Å². The third-order valence-electron chi connectivity index (χ3n) is 1.84. The van der Waals surface area contributed by atoms with Gasteiger partial charge in [-0.1, -0.05) is 0 Å². The molecule has 0 saturated heterocycles. The number of hydrogen-bond donors (Lipinski definition) is 0. The van der Waals surface area contributed by atoms with Crippen LogP contribution in [0.4, 0.5) is 5.69 Å². The van der Waals surface area contributed by atoms with Crippen molar-refractivity contribution in [3.8, 4) is 5.75 Å². The third-order valence-corrected chi connectivity index (χ3v) is 1.84. The summed E-state index contributed by atoms with van der Waals surface area (Å²) < 4.78 is 4.95. The SMILES string of the molecule is O=C1COc2cc([N+](=O)[O-])ccc21. The smallest absolute Gasteiger partial charge is 0.273 e. The summed E-state index contributed by atoms with van der Waals surface area (Å²) in [7, 11) is 0. The number of ether oxygens (including phenoxy) is 1. The maximum Gasteiger partial charge on any atom is 0.273 e. The largest absolute Gasteiger partial charge is 0.484 e. The van der Waals surface area contributed by atoms with E-state index < -0.39 is 4.92 Å². The van der Waals surface area contributed by atoms with E-state index in [1.807, 2.05) is 0 Å². The fourth-order valence-corrected chi connectivity index (χ4v) is 1.20. The molecule has 13 heavy (non-hydrogen) atoms. The molecule has 0 fully saturated rings. The first-order chi connectivity index (χ1) is 6.18. The first kappa shape index (κ1) is 7.72. The molecule has 1 aliphatic rings. The van der Waals surface area contributed by atoms with E-state index >= 15 is 0 Å². The van der Waals surface area contributed by atoms with Crippen LogP contribution < -0.4 is 4.74 Å². The highest BCUT2D eigenvalue weighted by Gasteiger charge is 2.23. The summed E-state index contributed by atoms with van der Waals surface area (Å²) in [6.07, 6.45) is 0. The van der Waals surface area contributed by atoms with Crippen molar-refractivity contribution in [1.29, 1.82) is 0 Å². The molecule has 66 valence electrons. The number of carbonyl (C=O) groups is 1. The predicted molar refractivity (Wildman–Crippen MR) is 42.9 cm³/mol. The zero-order valence-electron chi connectivity index (χ0n) is 6.52. The van der Waals surface area contributed by atoms with Gasteiger partial charge in [-0.25, -0.2) is 0 Å². The van der Waals surface area contributed by atoms with Crippen LogP contribution >= 0.6 is 0 Å². The van der Waals surface area contributed by atoms with Crippen LogP contribution in [0.3, 0.4) is 0 Å². The summed E-state index contributed by atoms with van der Waals surface area (Å²) in [5.41, 5.74) is 0.360. The van der Waals surface area contributed by atoms with Gasteiger partial charge >= 0.3 is 0 Å². The monoisotopic (exact) mass is 179 g/mol. The van der Waals surface area contributed by atoms with Gasteiger partial charge in [0.1, 0.15) is 5.75 Å². The molecule has 0 radical (unpaired) electrons. The average Bonchev–Trinajstić information content (AvgIpc) is 2.47. The molecule has 5 heteroatoms. The molecule has 1 heterocycles. The minimum atomic E-state index is -0.521. The van der Waals surface area contributed by atoms with Crippen LogP contribution in [0.2, 0.25) is 0 Å². The highest BCUT2D eigenvalue weighted by molar-refractivity contribution is 6.02. The van der Waals surface area contributed by atoms with E-state index in [1.165, 1.54) is 18.2 Å². The van der Waals surface area contributed by atoms with Gasteiger partial charge in [0.05, 0.1) is 16.6 Å². The van der Waals surface area contributed by atoms with Crippen molar-refractivity contribution in [1.82, 2.24) is 0 Å². The number of nitro groups is 1. The van der Waals surface area contributed by atoms with Crippen molar-refractivity contribution in [2.45, 2.75) is 0 Å². The van der Waals surface area contributed by atoms with Crippen LogP contribution in [0.1, 0.15) is 10.4 Å². The topological polar surface area (TPSA) is 69.4 Å². The van der Waals surface area contributed by atoms with Crippen molar-refractivity contribution in [2.24, 2.45) is 0 Å². The Hall–Kier alpha value is -1.91. The van der Waals surface area contributed by atoms with Crippen molar-refractivity contribution in [3.63, 3.8) is 0 Å². The van der Waals surface area contributed by atoms with Crippen LogP contribution in [-0.4, -0.2) is 17.3 Å². The molecular weight excluding hydrogens is 174 g/mol. The highest BCUT2D eigenvalue weighted by Crippen LogP contribution is 2.28. The van der Waals surface area contributed by atoms with Gasteiger partial charge in [-0.2, -0.15) is 0 Å². The first-order valence-corrected chi connectivity index (χ1v) is 3.63. The second-order valence-electron chi connectivity index (χ2n) is 2.65. The first-order valence-electron chi connectivity index (χ1n) is 3.63. The lowest BCUT2D eigenvalue weighted by Crippen LogP contribution is -1.98. The zero-order valence-corrected chi connectivity index (χ0v) is 6.52. The van der Waals surface area contributed by atoms with Crippen molar-refractivity contribution < 1.29 is 14.5 Å². The molecule has 0 amide bonds. The molecule has 0 bridgehead atoms. The number of carbonyl (C=O) groups excluding carboxylic acids is 1. The number of nitro benzene ring substituents is 1. The number of non-ortho nitro benzene ring substituents is 1. The fraction of sp³-hybridized carbons (Fsp3) is 0.125. The molecule has 0 aromatic heterocycles. The van der Waals surface area contributed by atoms with Gasteiger partial charge in [-0.3, -0.25) is 14.9 Å². The second kappa shape index (κ2) is 2.55. The van der Waals surface area contributed by atoms with Crippen molar-refractivity contribution in [3.05, 3.63) is 33.9 Å². The number of hydrogen-bond acceptors (Lipinski definition) is 4. The van der Waals surface area contributed by atoms with Gasteiger partial charge < -0.3 is 4.74 Å². The Bertz CT molecular complexity index is 399. The standard InChI is InChI=1S/C8H5NO4/c10-7-4-13-8-3-5(9(11)12)1-2-6(7)8/h1-3H,4H2. The van der Waals surface area contributed by atoms with Gasteiger partial charge in [-0.15, -0.1) is 0 Å². The van der Waals surface area contributed by atoms with Crippen LogP contribution in [0.5, 0.6) is 5.75 Å². The normalized spacial score (nSPS) is 13.7. The molecule has 0 N–H and O–H groups in total. The lowest BCUT2D eigenvalue weighted by Gasteiger charge is -1.95. The van der Waals surface area contributed by atoms with Crippen LogP contribution in [0.15, 0.2) is 18.2 Å². The molecule has 0 atom stereocenters. The van der Waals surface area contributed by atoms with Crippen molar-refractivity contribution in [2.75, 3.05) is 6.61 Å². The van der Waals surface area contributed by atoms with Gasteiger partial charge in [0.2, 0.25) is 5.78 Å². The third kappa shape index (κ3) is 1.14. The van der Waals surface area contributed by atoms with E-state index in [0.29, 0.717) is 11.3 Å². The Morgan fingerprint density at radius 3 is 2.92 bits per heavy atom. The van der Waals surface area contributed by atoms with Crippen LogP contribution in [0.25, 0.3) is 0 Å². The lowest BCUT2D eigenvalue weighted by molar-refractivity contribution is -0.384. The minimum Gasteiger partial charge on any atom is -0.484 e. The summed E-state index contributed by atoms with van der Waals surface area (Å²) in [4.78, 5) is 20.9. The van der Waals surface area contributed by atoms with E-state index in [0.717, 1.165) is 0 Å². The van der Waals surface area contributed by atoms with E-state index in [1.54, 1.807) is 0 Å². The van der Waals surface area contributed by atoms with Crippen LogP contribution in [-0.2, 0) is 0 Å². The Kier molecular flexibility index (Phi) is 1.51. The quantitative estimate of drug-likeness (QED) is 0.479. The number of benzene rings is 1. The molecule has 0 unspecified atom stereocenters. The van der Waals surface area contributed by atoms with Gasteiger partial charge in [0.15, 0.2) is 6.61 Å². The molecular formula is C8H5NO4. The molecule has 5 nitrogen and oxygen atoms in total. The Morgan fingerprint density at radius 1 is 1.46 bits per heavy atom. The number of fused-ring (bicyclic) bond motifs is 1. The number of rotatable bonds is 1. The zero-order chi connectivity index (χ0) is 9.42. The van der Waals surface area contributed by atoms with E-state index in [2.05, 4.69) is 0 Å². The summed E-state index contributed by atoms with van der Waals surface area (Å²) >= 11 is 0. The molecule has 1 aromatic carbocycles. The fourth-order valence-electron chi connectivity index (χ4n) is 1.20. The minimum absolute atomic E-state index is 0.0174. The van der Waals surface area contributed by atoms with Gasteiger partial charge in [0.25, 0.3) is 5.69 Å². The number of Topliss-reactive ketones (excluding diaryl/α,β-unsaturated/α-hetero) is 1. The maximum absolute atomic E-state index is 11.1. The molecule has 1 aromatic rings. The van der Waals surface area contributed by atoms with Crippen molar-refractivity contribution >= 4 is 11.5 Å². The molecule has 2 rings (SSSR count). The highest BCUT2D eigenvalue weighted by atomic mass is 16.6. The maximum atomic E-state index is 11.1. The van der Waals surface area contributed by atoms with E-state index in [-0.39, 0.29) is 18.1 Å². The second-order valence-corrected chi connectivity index (χ2v) is 2.65. The summed E-state index contributed by atoms with van der Waals surface area (Å²) in [6.45, 7) is -0.0174. The number of nitrogens with zero attached hydrogens (tertiary/aromatic N) is 1. The van der Waals surface area contributed by atoms with E-state index in [9.17, 15) is 14.9 Å². The summed E-state index contributed by atoms with van der Waals surface area (Å²) in [5.74, 6) is 0.170. The van der Waals surface area contributed by atoms with E-state index in [4.69, 9.17) is 4.74 Å². The van der Waals surface area contributed by atoms with Gasteiger partial charge in [-0.05, 0) is 6.07 Å². The molecule has 0 spiro atoms. The number of ketones is 1. The Labute approximate surface area is 73.1 Å². The predicted octanol–water partition coefficient (Wildman–Crippen LogP) is 1.17. The molecule has 1 aliphatic heterocycles. The summed E-state index contributed by atoms with van der Waals surface area (Å²) in [5, 5.41) is 10.3. The Balaban J connectivity index is 2.51. The molecule has 0 saturated carbocycles.